The van der Waals surface area contributed by atoms with Crippen molar-refractivity contribution < 1.29 is 32.4 Å². The van der Waals surface area contributed by atoms with E-state index in [9.17, 15) is 9.90 Å². The normalized spacial score (nSPS) is 12.1. The summed E-state index contributed by atoms with van der Waals surface area (Å²) < 4.78 is 0. The van der Waals surface area contributed by atoms with Crippen LogP contribution in [0, 0.1) is 0 Å². The van der Waals surface area contributed by atoms with Crippen LogP contribution < -0.4 is 5.73 Å². The van der Waals surface area contributed by atoms with Gasteiger partial charge in [0, 0.05) is 40.9 Å². The van der Waals surface area contributed by atoms with Gasteiger partial charge in [0.25, 0.3) is 0 Å². The Bertz CT molecular complexity index is 538. The molecule has 6 heteroatoms. The first-order valence-corrected chi connectivity index (χ1v) is 4.85. The minimum atomic E-state index is -1.03. The molecule has 1 heterocycles. The summed E-state index contributed by atoms with van der Waals surface area (Å²) in [6.07, 6.45) is 1.95. The number of aliphatic carboxylic acids is 1. The Morgan fingerprint density at radius 1 is 1.47 bits per heavy atom. The number of aromatic hydroxyl groups is 1. The number of carbonyl (C=O) groups is 1. The molecule has 5 nitrogen and oxygen atoms in total. The first kappa shape index (κ1) is 13.6. The monoisotopic (exact) mass is 272 g/mol. The maximum atomic E-state index is 10.6. The Hall–Kier alpha value is -1.48. The number of phenolic OH excluding ortho intramolecular Hbond substituents is 1. The molecule has 1 atom stereocenters. The van der Waals surface area contributed by atoms with E-state index in [2.05, 4.69) is 4.98 Å². The molecular weight excluding hydrogens is 260 g/mol. The number of H-pyrrole nitrogens is 1. The fraction of sp³-hybridized carbons (Fsp3) is 0.182. The van der Waals surface area contributed by atoms with Gasteiger partial charge in [-0.15, -0.1) is 0 Å². The van der Waals surface area contributed by atoms with E-state index >= 15 is 0 Å². The maximum Gasteiger partial charge on any atom is 0.320 e. The topological polar surface area (TPSA) is 99.3 Å². The maximum absolute atomic E-state index is 10.6. The van der Waals surface area contributed by atoms with Gasteiger partial charge in [-0.2, -0.15) is 0 Å². The number of carboxylic acids is 1. The summed E-state index contributed by atoms with van der Waals surface area (Å²) in [5, 5.41) is 18.9. The predicted octanol–water partition coefficient (Wildman–Crippen LogP) is 0.825. The fourth-order valence-corrected chi connectivity index (χ4v) is 1.66. The zero-order valence-electron chi connectivity index (χ0n) is 8.88. The average molecular weight is 272 g/mol. The van der Waals surface area contributed by atoms with Gasteiger partial charge in [-0.3, -0.25) is 4.79 Å². The Morgan fingerprint density at radius 2 is 2.18 bits per heavy atom. The summed E-state index contributed by atoms with van der Waals surface area (Å²) >= 11 is 0. The van der Waals surface area contributed by atoms with Crippen molar-refractivity contribution in [3.8, 4) is 5.75 Å². The third-order valence-electron chi connectivity index (χ3n) is 2.51. The van der Waals surface area contributed by atoms with Crippen LogP contribution in [0.4, 0.5) is 0 Å². The van der Waals surface area contributed by atoms with Crippen LogP contribution in [0.3, 0.4) is 0 Å². The second-order valence-electron chi connectivity index (χ2n) is 3.69. The van der Waals surface area contributed by atoms with Gasteiger partial charge in [0.2, 0.25) is 0 Å². The number of hydrogen-bond donors (Lipinski definition) is 4. The predicted molar refractivity (Wildman–Crippen MR) is 59.3 cm³/mol. The van der Waals surface area contributed by atoms with E-state index in [1.165, 1.54) is 0 Å². The molecule has 5 N–H and O–H groups in total. The number of phenols is 1. The van der Waals surface area contributed by atoms with Crippen molar-refractivity contribution in [3.05, 3.63) is 30.0 Å². The largest absolute Gasteiger partial charge is 0.508 e. The SMILES string of the molecule is NC(Cc1c[nH]c2ccc(O)cc12)C(=O)O.[Cr]. The number of aromatic amines is 1. The quantitative estimate of drug-likeness (QED) is 0.665. The number of hydrogen-bond acceptors (Lipinski definition) is 3. The van der Waals surface area contributed by atoms with Gasteiger partial charge < -0.3 is 20.9 Å². The zero-order valence-corrected chi connectivity index (χ0v) is 10.2. The van der Waals surface area contributed by atoms with Crippen molar-refractivity contribution in [1.29, 1.82) is 0 Å². The van der Waals surface area contributed by atoms with Crippen LogP contribution in [0.1, 0.15) is 5.56 Å². The van der Waals surface area contributed by atoms with Gasteiger partial charge in [-0.1, -0.05) is 0 Å². The van der Waals surface area contributed by atoms with Crippen LogP contribution in [0.25, 0.3) is 10.9 Å². The van der Waals surface area contributed by atoms with Crippen LogP contribution in [-0.2, 0) is 28.6 Å². The molecule has 90 valence electrons. The first-order chi connectivity index (χ1) is 7.58. The van der Waals surface area contributed by atoms with E-state index in [0.717, 1.165) is 16.5 Å². The average Bonchev–Trinajstić information content (AvgIpc) is 2.61. The van der Waals surface area contributed by atoms with Crippen molar-refractivity contribution in [2.75, 3.05) is 0 Å². The smallest absolute Gasteiger partial charge is 0.320 e. The van der Waals surface area contributed by atoms with Crippen molar-refractivity contribution in [2.24, 2.45) is 5.73 Å². The van der Waals surface area contributed by atoms with Crippen molar-refractivity contribution in [1.82, 2.24) is 4.98 Å². The van der Waals surface area contributed by atoms with Crippen LogP contribution in [0.15, 0.2) is 24.4 Å². The summed E-state index contributed by atoms with van der Waals surface area (Å²) in [4.78, 5) is 13.6. The second-order valence-corrected chi connectivity index (χ2v) is 3.69. The summed E-state index contributed by atoms with van der Waals surface area (Å²) in [5.74, 6) is -0.883. The molecule has 2 rings (SSSR count). The Morgan fingerprint density at radius 3 is 2.82 bits per heavy atom. The first-order valence-electron chi connectivity index (χ1n) is 4.85. The third-order valence-corrected chi connectivity index (χ3v) is 2.51. The van der Waals surface area contributed by atoms with Gasteiger partial charge >= 0.3 is 5.97 Å². The van der Waals surface area contributed by atoms with Gasteiger partial charge in [0.1, 0.15) is 11.8 Å². The molecule has 0 spiro atoms. The molecular formula is C11H12CrN2O3. The van der Waals surface area contributed by atoms with Gasteiger partial charge in [0.15, 0.2) is 0 Å². The molecule has 2 aromatic rings. The second kappa shape index (κ2) is 5.24. The van der Waals surface area contributed by atoms with Gasteiger partial charge in [0.05, 0.1) is 0 Å². The van der Waals surface area contributed by atoms with Gasteiger partial charge in [-0.05, 0) is 23.8 Å². The van der Waals surface area contributed by atoms with E-state index in [1.807, 2.05) is 0 Å². The molecule has 0 amide bonds. The number of aromatic nitrogens is 1. The van der Waals surface area contributed by atoms with E-state index < -0.39 is 12.0 Å². The number of nitrogens with two attached hydrogens (primary N) is 1. The van der Waals surface area contributed by atoms with Crippen LogP contribution >= 0.6 is 0 Å². The van der Waals surface area contributed by atoms with Gasteiger partial charge in [-0.25, -0.2) is 0 Å². The Labute approximate surface area is 108 Å². The van der Waals surface area contributed by atoms with E-state index in [0.29, 0.717) is 0 Å². The summed E-state index contributed by atoms with van der Waals surface area (Å²) in [7, 11) is 0. The number of rotatable bonds is 3. The molecule has 1 unspecified atom stereocenters. The Kier molecular flexibility index (Phi) is 4.18. The molecule has 1 aromatic heterocycles. The number of carboxylic acid groups (broad SMARTS) is 1. The molecule has 0 aliphatic carbocycles. The number of nitrogens with one attached hydrogen (secondary N) is 1. The van der Waals surface area contributed by atoms with E-state index in [-0.39, 0.29) is 29.5 Å². The molecule has 0 saturated heterocycles. The summed E-state index contributed by atoms with van der Waals surface area (Å²) in [5.41, 5.74) is 7.11. The van der Waals surface area contributed by atoms with E-state index in [1.54, 1.807) is 24.4 Å². The summed E-state index contributed by atoms with van der Waals surface area (Å²) in [6.45, 7) is 0. The zero-order chi connectivity index (χ0) is 11.7. The van der Waals surface area contributed by atoms with Crippen LogP contribution in [0.5, 0.6) is 5.75 Å². The standard InChI is InChI=1S/C11H12N2O3.Cr/c12-9(11(15)16)3-6-5-13-10-2-1-7(14)4-8(6)10;/h1-2,4-5,9,13-14H,3,12H2,(H,15,16);. The fourth-order valence-electron chi connectivity index (χ4n) is 1.66. The molecule has 0 bridgehead atoms. The molecule has 1 aromatic carbocycles. The minimum absolute atomic E-state index is 0. The van der Waals surface area contributed by atoms with Crippen molar-refractivity contribution >= 4 is 16.9 Å². The minimum Gasteiger partial charge on any atom is -0.508 e. The number of fused-ring (bicyclic) bond motifs is 1. The molecule has 0 saturated carbocycles. The van der Waals surface area contributed by atoms with Crippen molar-refractivity contribution in [2.45, 2.75) is 12.5 Å². The molecule has 0 fully saturated rings. The molecule has 0 radical (unpaired) electrons. The van der Waals surface area contributed by atoms with Crippen LogP contribution in [0.2, 0.25) is 0 Å². The van der Waals surface area contributed by atoms with Crippen molar-refractivity contribution in [3.63, 3.8) is 0 Å². The van der Waals surface area contributed by atoms with Crippen LogP contribution in [-0.4, -0.2) is 27.2 Å². The molecule has 0 aliphatic heterocycles. The molecule has 0 aliphatic rings. The third kappa shape index (κ3) is 2.80. The van der Waals surface area contributed by atoms with E-state index in [4.69, 9.17) is 10.8 Å². The molecule has 17 heavy (non-hydrogen) atoms. The number of benzene rings is 1. The Balaban J connectivity index is 0.00000144. The summed E-state index contributed by atoms with van der Waals surface area (Å²) in [6, 6.07) is 3.97.